The van der Waals surface area contributed by atoms with E-state index in [0.29, 0.717) is 18.0 Å². The summed E-state index contributed by atoms with van der Waals surface area (Å²) in [4.78, 5) is 0.382. The first kappa shape index (κ1) is 16.4. The minimum atomic E-state index is -3.35. The fourth-order valence-electron chi connectivity index (χ4n) is 2.33. The summed E-state index contributed by atoms with van der Waals surface area (Å²) in [6.07, 6.45) is 0.850. The molecule has 6 heteroatoms. The van der Waals surface area contributed by atoms with E-state index in [1.54, 1.807) is 22.5 Å². The van der Waals surface area contributed by atoms with Crippen molar-refractivity contribution in [2.24, 2.45) is 11.7 Å². The third-order valence-corrected chi connectivity index (χ3v) is 5.42. The van der Waals surface area contributed by atoms with Crippen molar-refractivity contribution in [1.82, 2.24) is 4.31 Å². The third-order valence-electron chi connectivity index (χ3n) is 3.56. The van der Waals surface area contributed by atoms with Crippen molar-refractivity contribution in [2.45, 2.75) is 31.2 Å². The van der Waals surface area contributed by atoms with Crippen LogP contribution in [0.25, 0.3) is 0 Å². The molecular weight excluding hydrogens is 284 g/mol. The van der Waals surface area contributed by atoms with Gasteiger partial charge in [0, 0.05) is 19.1 Å². The van der Waals surface area contributed by atoms with Gasteiger partial charge in [-0.2, -0.15) is 4.31 Å². The summed E-state index contributed by atoms with van der Waals surface area (Å²) in [5.41, 5.74) is 6.80. The van der Waals surface area contributed by atoms with Crippen LogP contribution in [0.3, 0.4) is 0 Å². The number of benzene rings is 1. The molecule has 0 radical (unpaired) electrons. The lowest BCUT2D eigenvalue weighted by Crippen LogP contribution is -2.33. The molecule has 1 aromatic rings. The molecule has 0 bridgehead atoms. The monoisotopic (exact) mass is 304 g/mol. The van der Waals surface area contributed by atoms with Crippen molar-refractivity contribution in [2.75, 3.05) is 13.1 Å². The smallest absolute Gasteiger partial charge is 0.243 e. The first-order valence-corrected chi connectivity index (χ1v) is 7.67. The van der Waals surface area contributed by atoms with Crippen LogP contribution in [0, 0.1) is 12.8 Å². The number of nitrogens with two attached hydrogens (primary N) is 1. The van der Waals surface area contributed by atoms with Crippen molar-refractivity contribution in [1.29, 1.82) is 0 Å². The molecule has 1 heterocycles. The van der Waals surface area contributed by atoms with E-state index in [4.69, 9.17) is 5.73 Å². The van der Waals surface area contributed by atoms with E-state index in [1.807, 2.05) is 19.9 Å². The Labute approximate surface area is 121 Å². The van der Waals surface area contributed by atoms with E-state index in [0.717, 1.165) is 12.0 Å². The van der Waals surface area contributed by atoms with Gasteiger partial charge in [0.1, 0.15) is 0 Å². The lowest BCUT2D eigenvalue weighted by molar-refractivity contribution is 0.429. The Morgan fingerprint density at radius 2 is 2.11 bits per heavy atom. The van der Waals surface area contributed by atoms with Gasteiger partial charge in [-0.25, -0.2) is 8.42 Å². The molecule has 0 saturated carbocycles. The van der Waals surface area contributed by atoms with Gasteiger partial charge in [0.15, 0.2) is 0 Å². The lowest BCUT2D eigenvalue weighted by atomic mass is 10.0. The molecule has 4 nitrogen and oxygen atoms in total. The molecule has 19 heavy (non-hydrogen) atoms. The normalized spacial score (nSPS) is 21.9. The van der Waals surface area contributed by atoms with Gasteiger partial charge in [0.05, 0.1) is 4.90 Å². The third kappa shape index (κ3) is 3.48. The van der Waals surface area contributed by atoms with Crippen molar-refractivity contribution < 1.29 is 8.42 Å². The van der Waals surface area contributed by atoms with Crippen molar-refractivity contribution in [3.05, 3.63) is 29.8 Å². The number of halogens is 1. The number of aryl methyl sites for hydroxylation is 1. The molecule has 1 aliphatic rings. The predicted octanol–water partition coefficient (Wildman–Crippen LogP) is 1.77. The molecule has 0 spiro atoms. The molecule has 2 N–H and O–H groups in total. The molecular formula is C13H21ClN2O2S. The number of nitrogens with zero attached hydrogens (tertiary/aromatic N) is 1. The quantitative estimate of drug-likeness (QED) is 0.926. The van der Waals surface area contributed by atoms with Gasteiger partial charge in [-0.1, -0.05) is 12.1 Å². The van der Waals surface area contributed by atoms with Crippen LogP contribution in [0.2, 0.25) is 0 Å². The van der Waals surface area contributed by atoms with E-state index in [1.165, 1.54) is 0 Å². The van der Waals surface area contributed by atoms with Gasteiger partial charge < -0.3 is 5.73 Å². The van der Waals surface area contributed by atoms with Crippen LogP contribution in [0.4, 0.5) is 0 Å². The van der Waals surface area contributed by atoms with Gasteiger partial charge in [0.25, 0.3) is 0 Å². The lowest BCUT2D eigenvalue weighted by Gasteiger charge is -2.18. The highest BCUT2D eigenvalue weighted by Gasteiger charge is 2.33. The summed E-state index contributed by atoms with van der Waals surface area (Å²) < 4.78 is 26.4. The second-order valence-electron chi connectivity index (χ2n) is 5.09. The molecule has 1 aromatic carbocycles. The van der Waals surface area contributed by atoms with Gasteiger partial charge in [0.2, 0.25) is 10.0 Å². The van der Waals surface area contributed by atoms with E-state index in [9.17, 15) is 8.42 Å². The zero-order valence-electron chi connectivity index (χ0n) is 11.2. The van der Waals surface area contributed by atoms with Crippen LogP contribution < -0.4 is 5.73 Å². The maximum Gasteiger partial charge on any atom is 0.243 e. The Morgan fingerprint density at radius 3 is 2.63 bits per heavy atom. The van der Waals surface area contributed by atoms with E-state index < -0.39 is 10.0 Å². The second-order valence-corrected chi connectivity index (χ2v) is 7.03. The Hall–Kier alpha value is -0.620. The zero-order valence-corrected chi connectivity index (χ0v) is 12.9. The fourth-order valence-corrected chi connectivity index (χ4v) is 3.94. The van der Waals surface area contributed by atoms with Gasteiger partial charge in [-0.05, 0) is 43.9 Å². The van der Waals surface area contributed by atoms with Crippen molar-refractivity contribution in [3.63, 3.8) is 0 Å². The molecule has 2 rings (SSSR count). The summed E-state index contributed by atoms with van der Waals surface area (Å²) >= 11 is 0. The zero-order chi connectivity index (χ0) is 13.3. The summed E-state index contributed by atoms with van der Waals surface area (Å²) in [5, 5.41) is 0. The molecule has 0 aliphatic carbocycles. The number of hydrogen-bond acceptors (Lipinski definition) is 3. The van der Waals surface area contributed by atoms with Crippen LogP contribution >= 0.6 is 12.4 Å². The minimum absolute atomic E-state index is 0. The summed E-state index contributed by atoms with van der Waals surface area (Å²) in [6, 6.07) is 7.09. The average Bonchev–Trinajstić information content (AvgIpc) is 2.79. The SMILES string of the molecule is Cc1cccc(S(=O)(=O)N2CCC(C(C)N)C2)c1.Cl. The average molecular weight is 305 g/mol. The van der Waals surface area contributed by atoms with Crippen LogP contribution in [0.15, 0.2) is 29.2 Å². The van der Waals surface area contributed by atoms with Crippen LogP contribution in [-0.2, 0) is 10.0 Å². The van der Waals surface area contributed by atoms with Crippen LogP contribution in [-0.4, -0.2) is 31.9 Å². The molecule has 1 fully saturated rings. The summed E-state index contributed by atoms with van der Waals surface area (Å²) in [7, 11) is -3.35. The standard InChI is InChI=1S/C13H20N2O2S.ClH/c1-10-4-3-5-13(8-10)18(16,17)15-7-6-12(9-15)11(2)14;/h3-5,8,11-12H,6-7,9,14H2,1-2H3;1H. The highest BCUT2D eigenvalue weighted by molar-refractivity contribution is 7.89. The minimum Gasteiger partial charge on any atom is -0.328 e. The Balaban J connectivity index is 0.00000180. The Morgan fingerprint density at radius 1 is 1.42 bits per heavy atom. The molecule has 0 aromatic heterocycles. The van der Waals surface area contributed by atoms with Crippen LogP contribution in [0.5, 0.6) is 0 Å². The molecule has 1 aliphatic heterocycles. The Kier molecular flexibility index (Phi) is 5.38. The predicted molar refractivity (Wildman–Crippen MR) is 78.9 cm³/mol. The van der Waals surface area contributed by atoms with Crippen molar-refractivity contribution in [3.8, 4) is 0 Å². The van der Waals surface area contributed by atoms with Crippen molar-refractivity contribution >= 4 is 22.4 Å². The number of hydrogen-bond donors (Lipinski definition) is 1. The first-order valence-electron chi connectivity index (χ1n) is 6.23. The summed E-state index contributed by atoms with van der Waals surface area (Å²) in [5.74, 6) is 0.268. The van der Waals surface area contributed by atoms with E-state index in [-0.39, 0.29) is 24.4 Å². The van der Waals surface area contributed by atoms with Gasteiger partial charge in [-0.3, -0.25) is 0 Å². The highest BCUT2D eigenvalue weighted by atomic mass is 35.5. The molecule has 0 amide bonds. The first-order chi connectivity index (χ1) is 8.41. The van der Waals surface area contributed by atoms with E-state index in [2.05, 4.69) is 0 Å². The number of rotatable bonds is 3. The fraction of sp³-hybridized carbons (Fsp3) is 0.538. The summed E-state index contributed by atoms with van der Waals surface area (Å²) in [6.45, 7) is 4.94. The molecule has 2 unspecified atom stereocenters. The largest absolute Gasteiger partial charge is 0.328 e. The molecule has 1 saturated heterocycles. The maximum atomic E-state index is 12.4. The molecule has 108 valence electrons. The topological polar surface area (TPSA) is 63.4 Å². The van der Waals surface area contributed by atoms with E-state index >= 15 is 0 Å². The van der Waals surface area contributed by atoms with Gasteiger partial charge in [-0.15, -0.1) is 12.4 Å². The second kappa shape index (κ2) is 6.22. The molecule has 2 atom stereocenters. The Bertz CT molecular complexity index is 531. The maximum absolute atomic E-state index is 12.4. The highest BCUT2D eigenvalue weighted by Crippen LogP contribution is 2.25. The number of sulfonamides is 1. The van der Waals surface area contributed by atoms with Gasteiger partial charge >= 0.3 is 0 Å². The van der Waals surface area contributed by atoms with Crippen LogP contribution in [0.1, 0.15) is 18.9 Å².